The Hall–Kier alpha value is -2.30. The normalized spacial score (nSPS) is 17.2. The first-order valence-electron chi connectivity index (χ1n) is 8.98. The van der Waals surface area contributed by atoms with E-state index >= 15 is 0 Å². The minimum absolute atomic E-state index is 0.305. The molecule has 1 aliphatic heterocycles. The van der Waals surface area contributed by atoms with Crippen molar-refractivity contribution in [3.05, 3.63) is 65.4 Å². The first-order chi connectivity index (χ1) is 12.3. The summed E-state index contributed by atoms with van der Waals surface area (Å²) in [5.41, 5.74) is 9.06. The maximum absolute atomic E-state index is 5.96. The fourth-order valence-corrected chi connectivity index (χ4v) is 3.32. The lowest BCUT2D eigenvalue weighted by atomic mass is 10.1. The lowest BCUT2D eigenvalue weighted by molar-refractivity contribution is 0.223. The number of furan rings is 1. The number of fused-ring (bicyclic) bond motifs is 1. The van der Waals surface area contributed by atoms with Crippen LogP contribution in [0.3, 0.4) is 0 Å². The van der Waals surface area contributed by atoms with Crippen molar-refractivity contribution in [3.63, 3.8) is 0 Å². The van der Waals surface area contributed by atoms with E-state index in [1.165, 1.54) is 5.56 Å². The summed E-state index contributed by atoms with van der Waals surface area (Å²) in [6, 6.07) is 16.7. The second-order valence-corrected chi connectivity index (χ2v) is 6.67. The van der Waals surface area contributed by atoms with Crippen molar-refractivity contribution in [1.29, 1.82) is 0 Å². The largest absolute Gasteiger partial charge is 0.489 e. The van der Waals surface area contributed by atoms with Gasteiger partial charge in [0, 0.05) is 24.9 Å². The fourth-order valence-electron chi connectivity index (χ4n) is 3.32. The minimum Gasteiger partial charge on any atom is -0.489 e. The smallest absolute Gasteiger partial charge is 0.134 e. The topological polar surface area (TPSA) is 60.4 Å². The molecule has 1 atom stereocenters. The van der Waals surface area contributed by atoms with Gasteiger partial charge in [0.2, 0.25) is 0 Å². The second kappa shape index (κ2) is 7.30. The van der Waals surface area contributed by atoms with Gasteiger partial charge in [-0.15, -0.1) is 0 Å². The predicted molar refractivity (Wildman–Crippen MR) is 99.9 cm³/mol. The lowest BCUT2D eigenvalue weighted by Gasteiger charge is -2.12. The van der Waals surface area contributed by atoms with E-state index in [0.29, 0.717) is 12.6 Å². The highest BCUT2D eigenvalue weighted by molar-refractivity contribution is 5.78. The van der Waals surface area contributed by atoms with Crippen molar-refractivity contribution in [2.24, 2.45) is 5.73 Å². The Morgan fingerprint density at radius 3 is 2.64 bits per heavy atom. The van der Waals surface area contributed by atoms with Crippen molar-refractivity contribution in [2.45, 2.75) is 31.9 Å². The number of nitrogens with one attached hydrogen (secondary N) is 1. The van der Waals surface area contributed by atoms with Gasteiger partial charge in [-0.25, -0.2) is 0 Å². The Balaban J connectivity index is 1.37. The van der Waals surface area contributed by atoms with Crippen LogP contribution < -0.4 is 15.8 Å². The Morgan fingerprint density at radius 2 is 1.88 bits per heavy atom. The van der Waals surface area contributed by atoms with Crippen LogP contribution in [-0.4, -0.2) is 19.2 Å². The summed E-state index contributed by atoms with van der Waals surface area (Å²) in [4.78, 5) is 0. The first-order valence-corrected chi connectivity index (χ1v) is 8.98. The zero-order valence-electron chi connectivity index (χ0n) is 14.3. The van der Waals surface area contributed by atoms with Crippen LogP contribution in [0.2, 0.25) is 0 Å². The Bertz CT molecular complexity index is 833. The van der Waals surface area contributed by atoms with Crippen LogP contribution in [0.4, 0.5) is 0 Å². The van der Waals surface area contributed by atoms with Crippen LogP contribution in [-0.2, 0) is 19.4 Å². The van der Waals surface area contributed by atoms with Gasteiger partial charge in [0.1, 0.15) is 23.2 Å². The average Bonchev–Trinajstić information content (AvgIpc) is 3.29. The molecule has 0 radical (unpaired) electrons. The number of hydrogen-bond donors (Lipinski definition) is 2. The van der Waals surface area contributed by atoms with Crippen molar-refractivity contribution in [3.8, 4) is 5.75 Å². The van der Waals surface area contributed by atoms with Crippen molar-refractivity contribution in [2.75, 3.05) is 13.1 Å². The van der Waals surface area contributed by atoms with E-state index in [9.17, 15) is 0 Å². The van der Waals surface area contributed by atoms with Crippen LogP contribution in [0.15, 0.2) is 52.9 Å². The zero-order valence-corrected chi connectivity index (χ0v) is 14.3. The summed E-state index contributed by atoms with van der Waals surface area (Å²) in [5.74, 6) is 1.97. The molecular formula is C21H24N2O2. The molecule has 4 nitrogen and oxygen atoms in total. The molecule has 0 spiro atoms. The highest BCUT2D eigenvalue weighted by atomic mass is 16.5. The van der Waals surface area contributed by atoms with E-state index in [2.05, 4.69) is 41.7 Å². The van der Waals surface area contributed by atoms with E-state index in [-0.39, 0.29) is 0 Å². The van der Waals surface area contributed by atoms with Crippen LogP contribution >= 0.6 is 0 Å². The monoisotopic (exact) mass is 336 g/mol. The molecular weight excluding hydrogens is 312 g/mol. The molecule has 0 amide bonds. The molecule has 0 unspecified atom stereocenters. The van der Waals surface area contributed by atoms with E-state index < -0.39 is 0 Å². The quantitative estimate of drug-likeness (QED) is 0.724. The molecule has 2 heterocycles. The third-order valence-electron chi connectivity index (χ3n) is 4.77. The molecule has 1 aromatic heterocycles. The number of nitrogens with two attached hydrogens (primary N) is 1. The number of ether oxygens (including phenoxy) is 1. The number of aryl methyl sites for hydroxylation is 2. The van der Waals surface area contributed by atoms with Crippen LogP contribution in [0, 0.1) is 0 Å². The van der Waals surface area contributed by atoms with E-state index in [1.807, 2.05) is 12.1 Å². The highest BCUT2D eigenvalue weighted by Crippen LogP contribution is 2.22. The molecule has 0 saturated carbocycles. The average molecular weight is 336 g/mol. The van der Waals surface area contributed by atoms with Crippen LogP contribution in [0.5, 0.6) is 5.75 Å². The van der Waals surface area contributed by atoms with Crippen LogP contribution in [0.1, 0.15) is 23.3 Å². The van der Waals surface area contributed by atoms with E-state index in [0.717, 1.165) is 60.4 Å². The first kappa shape index (κ1) is 16.2. The minimum atomic E-state index is 0.305. The standard InChI is InChI=1S/C21H24N2O2/c22-13-16-4-8-21-17(11-16)12-19(25-21)7-3-15-1-5-18(6-2-15)24-20-9-10-23-14-20/h1-2,4-6,8,11-12,20,23H,3,7,9-10,13-14,22H2/t20-/m0/s1. The molecule has 1 aliphatic rings. The van der Waals surface area contributed by atoms with Crippen molar-refractivity contribution >= 4 is 11.0 Å². The maximum atomic E-state index is 5.96. The van der Waals surface area contributed by atoms with Gasteiger partial charge in [-0.05, 0) is 60.8 Å². The molecule has 2 aromatic carbocycles. The zero-order chi connectivity index (χ0) is 17.1. The summed E-state index contributed by atoms with van der Waals surface area (Å²) in [6.45, 7) is 2.55. The Kier molecular flexibility index (Phi) is 4.72. The molecule has 130 valence electrons. The predicted octanol–water partition coefficient (Wildman–Crippen LogP) is 3.42. The fraction of sp³-hybridized carbons (Fsp3) is 0.333. The van der Waals surface area contributed by atoms with Gasteiger partial charge in [-0.1, -0.05) is 18.2 Å². The Labute approximate surface area is 148 Å². The molecule has 1 saturated heterocycles. The molecule has 25 heavy (non-hydrogen) atoms. The lowest BCUT2D eigenvalue weighted by Crippen LogP contribution is -2.19. The number of rotatable bonds is 6. The van der Waals surface area contributed by atoms with Crippen molar-refractivity contribution < 1.29 is 9.15 Å². The molecule has 0 bridgehead atoms. The molecule has 4 rings (SSSR count). The highest BCUT2D eigenvalue weighted by Gasteiger charge is 2.15. The van der Waals surface area contributed by atoms with E-state index in [1.54, 1.807) is 0 Å². The summed E-state index contributed by atoms with van der Waals surface area (Å²) in [7, 11) is 0. The summed E-state index contributed by atoms with van der Waals surface area (Å²) in [5, 5.41) is 4.45. The SMILES string of the molecule is NCc1ccc2oc(CCc3ccc(O[C@H]4CCNC4)cc3)cc2c1. The van der Waals surface area contributed by atoms with Crippen LogP contribution in [0.25, 0.3) is 11.0 Å². The Morgan fingerprint density at radius 1 is 1.04 bits per heavy atom. The van der Waals surface area contributed by atoms with Gasteiger partial charge in [0.15, 0.2) is 0 Å². The second-order valence-electron chi connectivity index (χ2n) is 6.67. The summed E-state index contributed by atoms with van der Waals surface area (Å²) in [6.07, 6.45) is 3.23. The van der Waals surface area contributed by atoms with Crippen molar-refractivity contribution in [1.82, 2.24) is 5.32 Å². The molecule has 3 aromatic rings. The maximum Gasteiger partial charge on any atom is 0.134 e. The van der Waals surface area contributed by atoms with Gasteiger partial charge in [0.25, 0.3) is 0 Å². The molecule has 4 heteroatoms. The van der Waals surface area contributed by atoms with Gasteiger partial charge in [-0.3, -0.25) is 0 Å². The molecule has 0 aliphatic carbocycles. The van der Waals surface area contributed by atoms with Gasteiger partial charge in [-0.2, -0.15) is 0 Å². The van der Waals surface area contributed by atoms with Gasteiger partial charge in [0.05, 0.1) is 0 Å². The van der Waals surface area contributed by atoms with Gasteiger partial charge >= 0.3 is 0 Å². The molecule has 3 N–H and O–H groups in total. The van der Waals surface area contributed by atoms with E-state index in [4.69, 9.17) is 14.9 Å². The summed E-state index contributed by atoms with van der Waals surface area (Å²) < 4.78 is 11.9. The molecule has 1 fully saturated rings. The third-order valence-corrected chi connectivity index (χ3v) is 4.77. The number of benzene rings is 2. The van der Waals surface area contributed by atoms with Gasteiger partial charge < -0.3 is 20.2 Å². The third kappa shape index (κ3) is 3.86. The summed E-state index contributed by atoms with van der Waals surface area (Å²) >= 11 is 0. The number of hydrogen-bond acceptors (Lipinski definition) is 4.